The first-order valence-corrected chi connectivity index (χ1v) is 11.0. The van der Waals surface area contributed by atoms with Crippen molar-refractivity contribution >= 4 is 29.6 Å². The highest BCUT2D eigenvalue weighted by molar-refractivity contribution is 6.39. The maximum atomic E-state index is 12.0. The van der Waals surface area contributed by atoms with Gasteiger partial charge in [0, 0.05) is 18.8 Å². The molecular formula is C24H28N4O6. The summed E-state index contributed by atoms with van der Waals surface area (Å²) in [7, 11) is 0. The summed E-state index contributed by atoms with van der Waals surface area (Å²) in [5, 5.41) is 9.05. The van der Waals surface area contributed by atoms with Gasteiger partial charge in [0.05, 0.1) is 18.9 Å². The van der Waals surface area contributed by atoms with Gasteiger partial charge in [-0.15, -0.1) is 0 Å². The summed E-state index contributed by atoms with van der Waals surface area (Å²) in [6.45, 7) is 3.54. The van der Waals surface area contributed by atoms with Crippen LogP contribution < -0.4 is 25.5 Å². The molecule has 0 aromatic heterocycles. The summed E-state index contributed by atoms with van der Waals surface area (Å²) >= 11 is 0. The van der Waals surface area contributed by atoms with Crippen molar-refractivity contribution in [3.63, 3.8) is 0 Å². The number of nitrogens with one attached hydrogen (secondary N) is 3. The van der Waals surface area contributed by atoms with E-state index in [1.807, 2.05) is 6.92 Å². The molecule has 0 aliphatic carbocycles. The summed E-state index contributed by atoms with van der Waals surface area (Å²) in [6.07, 6.45) is 3.45. The van der Waals surface area contributed by atoms with E-state index in [9.17, 15) is 14.4 Å². The number of carbonyl (C=O) groups excluding carboxylic acids is 3. The molecule has 0 unspecified atom stereocenters. The summed E-state index contributed by atoms with van der Waals surface area (Å²) in [6, 6.07) is 13.4. The zero-order valence-electron chi connectivity index (χ0n) is 18.9. The minimum atomic E-state index is -0.904. The van der Waals surface area contributed by atoms with Crippen LogP contribution in [0.1, 0.15) is 25.3 Å². The molecule has 10 nitrogen and oxygen atoms in total. The number of rotatable bonds is 10. The van der Waals surface area contributed by atoms with Gasteiger partial charge in [0.1, 0.15) is 11.5 Å². The van der Waals surface area contributed by atoms with Gasteiger partial charge < -0.3 is 24.8 Å². The Morgan fingerprint density at radius 3 is 2.41 bits per heavy atom. The van der Waals surface area contributed by atoms with Gasteiger partial charge in [-0.1, -0.05) is 0 Å². The summed E-state index contributed by atoms with van der Waals surface area (Å²) < 4.78 is 16.2. The second-order valence-electron chi connectivity index (χ2n) is 7.41. The number of nitrogens with zero attached hydrogens (tertiary/aromatic N) is 1. The maximum absolute atomic E-state index is 12.0. The quantitative estimate of drug-likeness (QED) is 0.277. The number of hydrogen-bond donors (Lipinski definition) is 3. The lowest BCUT2D eigenvalue weighted by molar-refractivity contribution is -0.136. The minimum Gasteiger partial charge on any atom is -0.494 e. The van der Waals surface area contributed by atoms with Crippen molar-refractivity contribution < 1.29 is 28.6 Å². The lowest BCUT2D eigenvalue weighted by atomic mass is 10.2. The molecule has 10 heteroatoms. The predicted octanol–water partition coefficient (Wildman–Crippen LogP) is 1.85. The van der Waals surface area contributed by atoms with E-state index < -0.39 is 11.8 Å². The van der Waals surface area contributed by atoms with Crippen molar-refractivity contribution in [1.82, 2.24) is 10.7 Å². The number of hydrogen-bond acceptors (Lipinski definition) is 7. The Morgan fingerprint density at radius 1 is 1.03 bits per heavy atom. The van der Waals surface area contributed by atoms with Crippen LogP contribution in [0.15, 0.2) is 53.6 Å². The van der Waals surface area contributed by atoms with E-state index in [2.05, 4.69) is 21.2 Å². The van der Waals surface area contributed by atoms with Gasteiger partial charge in [0.2, 0.25) is 0 Å². The van der Waals surface area contributed by atoms with Crippen LogP contribution in [0.5, 0.6) is 11.5 Å². The molecule has 1 aliphatic heterocycles. The van der Waals surface area contributed by atoms with Crippen LogP contribution >= 0.6 is 0 Å². The van der Waals surface area contributed by atoms with Gasteiger partial charge in [0.15, 0.2) is 6.61 Å². The normalized spacial score (nSPS) is 15.0. The fraction of sp³-hybridized carbons (Fsp3) is 0.333. The molecule has 1 atom stereocenters. The molecule has 1 heterocycles. The van der Waals surface area contributed by atoms with Gasteiger partial charge in [-0.05, 0) is 73.9 Å². The summed E-state index contributed by atoms with van der Waals surface area (Å²) in [5.41, 5.74) is 3.30. The zero-order chi connectivity index (χ0) is 24.2. The van der Waals surface area contributed by atoms with Crippen LogP contribution in [0.2, 0.25) is 0 Å². The van der Waals surface area contributed by atoms with Crippen LogP contribution in [0, 0.1) is 0 Å². The van der Waals surface area contributed by atoms with Crippen molar-refractivity contribution in [1.29, 1.82) is 0 Å². The second kappa shape index (κ2) is 12.9. The molecule has 0 spiro atoms. The summed E-state index contributed by atoms with van der Waals surface area (Å²) in [4.78, 5) is 35.8. The smallest absolute Gasteiger partial charge is 0.329 e. The average Bonchev–Trinajstić information content (AvgIpc) is 3.37. The van der Waals surface area contributed by atoms with E-state index >= 15 is 0 Å². The second-order valence-corrected chi connectivity index (χ2v) is 7.41. The first-order chi connectivity index (χ1) is 16.5. The molecule has 3 N–H and O–H groups in total. The monoisotopic (exact) mass is 468 g/mol. The number of benzene rings is 2. The molecule has 0 saturated carbocycles. The van der Waals surface area contributed by atoms with Crippen LogP contribution in [-0.4, -0.2) is 56.4 Å². The van der Waals surface area contributed by atoms with E-state index in [-0.39, 0.29) is 18.6 Å². The van der Waals surface area contributed by atoms with Crippen LogP contribution in [0.4, 0.5) is 5.69 Å². The van der Waals surface area contributed by atoms with E-state index in [1.165, 1.54) is 6.21 Å². The maximum Gasteiger partial charge on any atom is 0.329 e. The van der Waals surface area contributed by atoms with Crippen molar-refractivity contribution in [3.05, 3.63) is 54.1 Å². The van der Waals surface area contributed by atoms with Crippen LogP contribution in [-0.2, 0) is 19.1 Å². The standard InChI is InChI=1S/C24H28N4O6/c1-2-32-19-11-7-18(8-12-19)27-23(30)24(31)28-26-14-17-5-9-20(10-6-17)34-16-22(29)25-15-21-4-3-13-33-21/h5-12,14,21H,2-4,13,15-16H2,1H3,(H,25,29)(H,27,30)(H,28,31)/b26-14-/t21-/m1/s1. The van der Waals surface area contributed by atoms with Crippen LogP contribution in [0.25, 0.3) is 0 Å². The molecular weight excluding hydrogens is 440 g/mol. The molecule has 1 aliphatic rings. The van der Waals surface area contributed by atoms with E-state index in [4.69, 9.17) is 14.2 Å². The number of anilines is 1. The van der Waals surface area contributed by atoms with Crippen molar-refractivity contribution in [2.45, 2.75) is 25.9 Å². The zero-order valence-corrected chi connectivity index (χ0v) is 18.9. The number of amides is 3. The molecule has 2 aromatic carbocycles. The summed E-state index contributed by atoms with van der Waals surface area (Å²) in [5.74, 6) is -0.777. The minimum absolute atomic E-state index is 0.0845. The van der Waals surface area contributed by atoms with Crippen molar-refractivity contribution in [3.8, 4) is 11.5 Å². The Balaban J connectivity index is 1.37. The molecule has 2 aromatic rings. The molecule has 3 amide bonds. The molecule has 34 heavy (non-hydrogen) atoms. The number of ether oxygens (including phenoxy) is 3. The number of carbonyl (C=O) groups is 3. The van der Waals surface area contributed by atoms with Crippen LogP contribution in [0.3, 0.4) is 0 Å². The molecule has 0 radical (unpaired) electrons. The highest BCUT2D eigenvalue weighted by atomic mass is 16.5. The third kappa shape index (κ3) is 8.21. The molecule has 3 rings (SSSR count). The topological polar surface area (TPSA) is 127 Å². The van der Waals surface area contributed by atoms with E-state index in [0.29, 0.717) is 35.9 Å². The average molecular weight is 469 g/mol. The highest BCUT2D eigenvalue weighted by Crippen LogP contribution is 2.15. The SMILES string of the molecule is CCOc1ccc(NC(=O)C(=O)N/N=C\c2ccc(OCC(=O)NC[C@H]3CCCO3)cc2)cc1. The Labute approximate surface area is 197 Å². The molecule has 1 saturated heterocycles. The third-order valence-electron chi connectivity index (χ3n) is 4.81. The van der Waals surface area contributed by atoms with Gasteiger partial charge in [-0.3, -0.25) is 14.4 Å². The van der Waals surface area contributed by atoms with Gasteiger partial charge in [0.25, 0.3) is 5.91 Å². The lowest BCUT2D eigenvalue weighted by Gasteiger charge is -2.11. The highest BCUT2D eigenvalue weighted by Gasteiger charge is 2.16. The molecule has 1 fully saturated rings. The number of hydrazone groups is 1. The first-order valence-electron chi connectivity index (χ1n) is 11.0. The van der Waals surface area contributed by atoms with Gasteiger partial charge in [-0.2, -0.15) is 5.10 Å². The van der Waals surface area contributed by atoms with Gasteiger partial charge >= 0.3 is 11.8 Å². The van der Waals surface area contributed by atoms with Crippen molar-refractivity contribution in [2.75, 3.05) is 31.7 Å². The first kappa shape index (κ1) is 24.7. The third-order valence-corrected chi connectivity index (χ3v) is 4.81. The molecule has 180 valence electrons. The predicted molar refractivity (Wildman–Crippen MR) is 126 cm³/mol. The Kier molecular flexibility index (Phi) is 9.41. The largest absolute Gasteiger partial charge is 0.494 e. The van der Waals surface area contributed by atoms with E-state index in [0.717, 1.165) is 19.4 Å². The Bertz CT molecular complexity index is 986. The van der Waals surface area contributed by atoms with Gasteiger partial charge in [-0.25, -0.2) is 5.43 Å². The fourth-order valence-corrected chi connectivity index (χ4v) is 3.09. The fourth-order valence-electron chi connectivity index (χ4n) is 3.09. The molecule has 0 bridgehead atoms. The lowest BCUT2D eigenvalue weighted by Crippen LogP contribution is -2.35. The van der Waals surface area contributed by atoms with E-state index in [1.54, 1.807) is 48.5 Å². The Morgan fingerprint density at radius 2 is 1.74 bits per heavy atom. The Hall–Kier alpha value is -3.92. The van der Waals surface area contributed by atoms with Crippen molar-refractivity contribution in [2.24, 2.45) is 5.10 Å².